The fraction of sp³-hybridized carbons (Fsp3) is 0. The number of rotatable bonds is 0. The molecule has 12 N–H and O–H groups in total. The average molecular weight is 330 g/mol. The third-order valence-electron chi connectivity index (χ3n) is 0. The van der Waals surface area contributed by atoms with Gasteiger partial charge in [0.1, 0.15) is 0 Å². The third-order valence-corrected chi connectivity index (χ3v) is 0. The van der Waals surface area contributed by atoms with Gasteiger partial charge in [-0.1, -0.05) is 0 Å². The van der Waals surface area contributed by atoms with Crippen LogP contribution in [0.25, 0.3) is 0 Å². The summed E-state index contributed by atoms with van der Waals surface area (Å²) in [7, 11) is -6.28. The first-order chi connectivity index (χ1) is 4.00. The molecular weight excluding hydrogens is 318 g/mol. The molecule has 0 saturated heterocycles. The van der Waals surface area contributed by atoms with Gasteiger partial charge >= 0.3 is 0 Å². The van der Waals surface area contributed by atoms with E-state index in [-0.39, 0.29) is 41.7 Å². The van der Waals surface area contributed by atoms with Crippen LogP contribution in [0.4, 0.5) is 0 Å². The Kier molecular flexibility index (Phi) is 11.8. The minimum absolute atomic E-state index is 0. The van der Waals surface area contributed by atoms with Crippen LogP contribution in [0.2, 0.25) is 0 Å². The zero-order valence-corrected chi connectivity index (χ0v) is 10.6. The first kappa shape index (κ1) is 18.4. The molecule has 0 aliphatic rings. The van der Waals surface area contributed by atoms with E-state index < -0.39 is 15.2 Å². The van der Waals surface area contributed by atoms with E-state index in [1.165, 1.54) is 0 Å². The molecule has 68 valence electrons. The molecule has 0 aromatic carbocycles. The van der Waals surface area contributed by atoms with Gasteiger partial charge in [0.25, 0.3) is 15.2 Å². The molecule has 0 aliphatic heterocycles. The van der Waals surface area contributed by atoms with Crippen LogP contribution >= 0.6 is 15.2 Å². The van der Waals surface area contributed by atoms with Crippen molar-refractivity contribution in [1.29, 1.82) is 0 Å². The molecule has 0 atom stereocenters. The summed E-state index contributed by atoms with van der Waals surface area (Å²) in [5, 5.41) is 0. The van der Waals surface area contributed by atoms with Gasteiger partial charge in [-0.05, 0) is 0 Å². The van der Waals surface area contributed by atoms with E-state index >= 15 is 0 Å². The minimum atomic E-state index is -3.14. The third kappa shape index (κ3) is 419. The standard InChI is InChI=1S/Ce.2H6N3OP/c;2*1-5(2,3)4/h;2*(H6,1,2,3,4). The van der Waals surface area contributed by atoms with E-state index in [4.69, 9.17) is 0 Å². The summed E-state index contributed by atoms with van der Waals surface area (Å²) in [6.07, 6.45) is 0. The molecule has 0 unspecified atom stereocenters. The molecule has 0 aromatic heterocycles. The van der Waals surface area contributed by atoms with Crippen molar-refractivity contribution in [1.82, 2.24) is 0 Å². The first-order valence-electron chi connectivity index (χ1n) is 1.91. The number of hydrogen-bond acceptors (Lipinski definition) is 2. The Balaban J connectivity index is -0.000000107. The fourth-order valence-electron chi connectivity index (χ4n) is 0. The predicted octanol–water partition coefficient (Wildman–Crippen LogP) is -2.06. The Hall–Kier alpha value is 1.60. The van der Waals surface area contributed by atoms with E-state index in [0.717, 1.165) is 0 Å². The second-order valence-corrected chi connectivity index (χ2v) is 4.58. The predicted molar refractivity (Wildman–Crippen MR) is 40.3 cm³/mol. The van der Waals surface area contributed by atoms with Crippen molar-refractivity contribution in [3.63, 3.8) is 0 Å². The van der Waals surface area contributed by atoms with Crippen molar-refractivity contribution >= 4 is 15.2 Å². The molecular formula is H12CeN6O2P2. The van der Waals surface area contributed by atoms with Crippen LogP contribution in [0, 0.1) is 41.7 Å². The summed E-state index contributed by atoms with van der Waals surface area (Å²) in [5.74, 6) is 0. The van der Waals surface area contributed by atoms with Crippen molar-refractivity contribution in [2.75, 3.05) is 0 Å². The van der Waals surface area contributed by atoms with Crippen LogP contribution in [-0.4, -0.2) is 0 Å². The molecule has 11 heteroatoms. The van der Waals surface area contributed by atoms with Gasteiger partial charge in [-0.3, -0.25) is 42.2 Å². The Morgan fingerprint density at radius 1 is 0.636 bits per heavy atom. The van der Waals surface area contributed by atoms with Gasteiger partial charge in [-0.2, -0.15) is 0 Å². The molecule has 0 aliphatic carbocycles. The zero-order chi connectivity index (χ0) is 9.00. The topological polar surface area (TPSA) is 190 Å². The summed E-state index contributed by atoms with van der Waals surface area (Å²) in [6.45, 7) is 0. The Morgan fingerprint density at radius 2 is 0.636 bits per heavy atom. The van der Waals surface area contributed by atoms with Crippen molar-refractivity contribution in [2.24, 2.45) is 33.0 Å². The summed E-state index contributed by atoms with van der Waals surface area (Å²) in [6, 6.07) is 0. The van der Waals surface area contributed by atoms with E-state index in [1.807, 2.05) is 0 Å². The second kappa shape index (κ2) is 7.04. The SMILES string of the molecule is NP(N)(N)=O.NP(N)(N)=O.[Ce]. The van der Waals surface area contributed by atoms with Gasteiger partial charge in [0, 0.05) is 41.7 Å². The van der Waals surface area contributed by atoms with Gasteiger partial charge in [-0.15, -0.1) is 0 Å². The average Bonchev–Trinajstić information content (AvgIpc) is 1.12. The molecule has 0 spiro atoms. The molecule has 11 heavy (non-hydrogen) atoms. The summed E-state index contributed by atoms with van der Waals surface area (Å²) >= 11 is 0. The van der Waals surface area contributed by atoms with Crippen molar-refractivity contribution in [3.05, 3.63) is 0 Å². The maximum Gasteiger partial charge on any atom is 0.271 e. The largest absolute Gasteiger partial charge is 0.272 e. The molecule has 0 rings (SSSR count). The normalized spacial score (nSPS) is 10.7. The Labute approximate surface area is 98.2 Å². The van der Waals surface area contributed by atoms with Gasteiger partial charge in [0.2, 0.25) is 0 Å². The van der Waals surface area contributed by atoms with Crippen LogP contribution in [-0.2, 0) is 9.13 Å². The second-order valence-electron chi connectivity index (χ2n) is 1.53. The molecule has 0 aromatic rings. The molecule has 0 bridgehead atoms. The van der Waals surface area contributed by atoms with Crippen LogP contribution < -0.4 is 33.0 Å². The van der Waals surface area contributed by atoms with Crippen LogP contribution in [0.1, 0.15) is 0 Å². The molecule has 0 fully saturated rings. The van der Waals surface area contributed by atoms with Crippen molar-refractivity contribution in [3.8, 4) is 0 Å². The maximum absolute atomic E-state index is 9.55. The van der Waals surface area contributed by atoms with Crippen molar-refractivity contribution < 1.29 is 50.9 Å². The van der Waals surface area contributed by atoms with Gasteiger partial charge in [0.05, 0.1) is 0 Å². The smallest absolute Gasteiger partial charge is 0.271 e. The van der Waals surface area contributed by atoms with Crippen molar-refractivity contribution in [2.45, 2.75) is 0 Å². The molecule has 8 nitrogen and oxygen atoms in total. The quantitative estimate of drug-likeness (QED) is 0.273. The van der Waals surface area contributed by atoms with E-state index in [2.05, 4.69) is 33.0 Å². The summed E-state index contributed by atoms with van der Waals surface area (Å²) < 4.78 is 19.1. The van der Waals surface area contributed by atoms with Gasteiger partial charge < -0.3 is 0 Å². The Morgan fingerprint density at radius 3 is 0.636 bits per heavy atom. The van der Waals surface area contributed by atoms with Gasteiger partial charge in [-0.25, -0.2) is 0 Å². The molecule has 0 saturated carbocycles. The maximum atomic E-state index is 9.55. The number of nitrogens with two attached hydrogens (primary N) is 6. The molecule has 0 radical (unpaired) electrons. The Bertz CT molecular complexity index is 131. The molecule has 0 heterocycles. The number of hydrogen-bond donors (Lipinski definition) is 6. The minimum Gasteiger partial charge on any atom is -0.272 e. The van der Waals surface area contributed by atoms with E-state index in [0.29, 0.717) is 0 Å². The van der Waals surface area contributed by atoms with E-state index in [1.54, 1.807) is 0 Å². The van der Waals surface area contributed by atoms with Crippen LogP contribution in [0.5, 0.6) is 0 Å². The summed E-state index contributed by atoms with van der Waals surface area (Å²) in [4.78, 5) is 0. The summed E-state index contributed by atoms with van der Waals surface area (Å²) in [5.41, 5.74) is 26.8. The van der Waals surface area contributed by atoms with Crippen LogP contribution in [0.15, 0.2) is 0 Å². The zero-order valence-electron chi connectivity index (χ0n) is 5.68. The first-order valence-corrected chi connectivity index (χ1v) is 5.74. The molecule has 0 amide bonds. The van der Waals surface area contributed by atoms with Crippen LogP contribution in [0.3, 0.4) is 0 Å². The van der Waals surface area contributed by atoms with Gasteiger partial charge in [0.15, 0.2) is 0 Å². The monoisotopic (exact) mass is 330 g/mol. The van der Waals surface area contributed by atoms with E-state index in [9.17, 15) is 9.13 Å². The fourth-order valence-corrected chi connectivity index (χ4v) is 0.